The zero-order chi connectivity index (χ0) is 16.0. The number of Topliss-reactive ketones (excluding diaryl/α,β-unsaturated/α-hetero) is 1. The van der Waals surface area contributed by atoms with Gasteiger partial charge in [-0.15, -0.1) is 0 Å². The summed E-state index contributed by atoms with van der Waals surface area (Å²) in [5.41, 5.74) is 0.555. The van der Waals surface area contributed by atoms with Gasteiger partial charge in [-0.3, -0.25) is 4.79 Å². The first kappa shape index (κ1) is 14.6. The lowest BCUT2D eigenvalue weighted by molar-refractivity contribution is 0.0731. The molecule has 3 rings (SSSR count). The summed E-state index contributed by atoms with van der Waals surface area (Å²) in [7, 11) is 0. The number of ketones is 1. The normalized spacial score (nSPS) is 20.8. The van der Waals surface area contributed by atoms with Gasteiger partial charge in [0.1, 0.15) is 23.2 Å². The van der Waals surface area contributed by atoms with Crippen LogP contribution in [0.2, 0.25) is 0 Å². The highest BCUT2D eigenvalue weighted by Crippen LogP contribution is 2.41. The van der Waals surface area contributed by atoms with E-state index in [9.17, 15) is 14.7 Å². The predicted molar refractivity (Wildman–Crippen MR) is 81.7 cm³/mol. The van der Waals surface area contributed by atoms with Crippen molar-refractivity contribution in [3.8, 4) is 11.5 Å². The van der Waals surface area contributed by atoms with E-state index >= 15 is 0 Å². The first-order chi connectivity index (χ1) is 10.4. The molecule has 1 N–H and O–H groups in total. The van der Waals surface area contributed by atoms with Crippen LogP contribution in [0, 0.1) is 5.92 Å². The molecule has 0 bridgehead atoms. The SMILES string of the molecule is CCCc1cc(=O)oc2c3c(cc(O)c12)O[C@H](C)C(C)C3=O. The Hall–Kier alpha value is -2.30. The number of hydrogen-bond donors (Lipinski definition) is 1. The highest BCUT2D eigenvalue weighted by molar-refractivity contribution is 6.12. The van der Waals surface area contributed by atoms with E-state index in [0.717, 1.165) is 6.42 Å². The van der Waals surface area contributed by atoms with E-state index in [-0.39, 0.29) is 40.5 Å². The molecule has 0 saturated heterocycles. The molecule has 0 aliphatic carbocycles. The van der Waals surface area contributed by atoms with E-state index < -0.39 is 5.63 Å². The van der Waals surface area contributed by atoms with Gasteiger partial charge in [0.25, 0.3) is 0 Å². The molecule has 0 fully saturated rings. The summed E-state index contributed by atoms with van der Waals surface area (Å²) in [4.78, 5) is 24.4. The maximum absolute atomic E-state index is 12.6. The molecule has 0 saturated carbocycles. The molecule has 2 aromatic rings. The lowest BCUT2D eigenvalue weighted by Crippen LogP contribution is -2.33. The second kappa shape index (κ2) is 5.16. The van der Waals surface area contributed by atoms with Crippen molar-refractivity contribution in [1.82, 2.24) is 0 Å². The Bertz CT molecular complexity index is 818. The minimum Gasteiger partial charge on any atom is -0.507 e. The molecular weight excluding hydrogens is 284 g/mol. The summed E-state index contributed by atoms with van der Waals surface area (Å²) in [6.45, 7) is 5.56. The third-order valence-corrected chi connectivity index (χ3v) is 4.24. The second-order valence-electron chi connectivity index (χ2n) is 5.79. The van der Waals surface area contributed by atoms with E-state index in [1.165, 1.54) is 12.1 Å². The number of carbonyl (C=O) groups is 1. The third kappa shape index (κ3) is 2.08. The Morgan fingerprint density at radius 3 is 2.64 bits per heavy atom. The highest BCUT2D eigenvalue weighted by atomic mass is 16.5. The largest absolute Gasteiger partial charge is 0.507 e. The number of phenols is 1. The first-order valence-electron chi connectivity index (χ1n) is 7.47. The number of aromatic hydroxyl groups is 1. The summed E-state index contributed by atoms with van der Waals surface area (Å²) < 4.78 is 11.0. The maximum Gasteiger partial charge on any atom is 0.336 e. The molecular formula is C17H18O5. The van der Waals surface area contributed by atoms with Crippen molar-refractivity contribution in [3.05, 3.63) is 33.7 Å². The van der Waals surface area contributed by atoms with E-state index in [1.54, 1.807) is 13.8 Å². The summed E-state index contributed by atoms with van der Waals surface area (Å²) >= 11 is 0. The monoisotopic (exact) mass is 302 g/mol. The highest BCUT2D eigenvalue weighted by Gasteiger charge is 2.35. The second-order valence-corrected chi connectivity index (χ2v) is 5.79. The smallest absolute Gasteiger partial charge is 0.336 e. The van der Waals surface area contributed by atoms with Crippen LogP contribution in [0.15, 0.2) is 21.3 Å². The van der Waals surface area contributed by atoms with Gasteiger partial charge in [0.05, 0.1) is 11.3 Å². The van der Waals surface area contributed by atoms with Crippen molar-refractivity contribution >= 4 is 16.8 Å². The average molecular weight is 302 g/mol. The van der Waals surface area contributed by atoms with Crippen LogP contribution in [0.3, 0.4) is 0 Å². The number of carbonyl (C=O) groups excluding carboxylic acids is 1. The lowest BCUT2D eigenvalue weighted by atomic mass is 9.89. The molecule has 5 nitrogen and oxygen atoms in total. The number of rotatable bonds is 2. The summed E-state index contributed by atoms with van der Waals surface area (Å²) in [5.74, 6) is -0.219. The maximum atomic E-state index is 12.6. The minimum atomic E-state index is -0.525. The molecule has 1 aromatic carbocycles. The van der Waals surface area contributed by atoms with Gasteiger partial charge in [0, 0.05) is 12.1 Å². The third-order valence-electron chi connectivity index (χ3n) is 4.24. The fourth-order valence-electron chi connectivity index (χ4n) is 2.91. The van der Waals surface area contributed by atoms with Crippen molar-refractivity contribution < 1.29 is 19.1 Å². The Balaban J connectivity index is 2.41. The number of benzene rings is 1. The van der Waals surface area contributed by atoms with E-state index in [2.05, 4.69) is 0 Å². The van der Waals surface area contributed by atoms with Gasteiger partial charge in [-0.25, -0.2) is 4.79 Å². The fourth-order valence-corrected chi connectivity index (χ4v) is 2.91. The van der Waals surface area contributed by atoms with E-state index in [0.29, 0.717) is 17.4 Å². The van der Waals surface area contributed by atoms with Crippen molar-refractivity contribution in [2.24, 2.45) is 5.92 Å². The topological polar surface area (TPSA) is 76.7 Å². The van der Waals surface area contributed by atoms with Crippen molar-refractivity contribution in [3.63, 3.8) is 0 Å². The Morgan fingerprint density at radius 2 is 1.95 bits per heavy atom. The average Bonchev–Trinajstić information content (AvgIpc) is 2.44. The lowest BCUT2D eigenvalue weighted by Gasteiger charge is -2.28. The molecule has 0 radical (unpaired) electrons. The van der Waals surface area contributed by atoms with E-state index in [4.69, 9.17) is 9.15 Å². The number of aryl methyl sites for hydroxylation is 1. The van der Waals surface area contributed by atoms with Crippen molar-refractivity contribution in [2.45, 2.75) is 39.7 Å². The molecule has 5 heteroatoms. The minimum absolute atomic E-state index is 0.0319. The van der Waals surface area contributed by atoms with Gasteiger partial charge < -0.3 is 14.3 Å². The summed E-state index contributed by atoms with van der Waals surface area (Å²) in [5, 5.41) is 10.7. The van der Waals surface area contributed by atoms with Crippen LogP contribution in [-0.4, -0.2) is 17.0 Å². The van der Waals surface area contributed by atoms with Crippen LogP contribution in [0.5, 0.6) is 11.5 Å². The molecule has 2 heterocycles. The standard InChI is InChI=1S/C17H18O5/c1-4-5-10-6-13(19)22-17-14(10)11(18)7-12-15(17)16(20)8(2)9(3)21-12/h6-9,18H,4-5H2,1-3H3/t8?,9-/m1/s1. The zero-order valence-corrected chi connectivity index (χ0v) is 12.8. The Labute approximate surface area is 127 Å². The number of hydrogen-bond acceptors (Lipinski definition) is 5. The number of fused-ring (bicyclic) bond motifs is 3. The summed E-state index contributed by atoms with van der Waals surface area (Å²) in [6, 6.07) is 2.81. The van der Waals surface area contributed by atoms with Crippen molar-refractivity contribution in [2.75, 3.05) is 0 Å². The molecule has 0 spiro atoms. The summed E-state index contributed by atoms with van der Waals surface area (Å²) in [6.07, 6.45) is 1.14. The zero-order valence-electron chi connectivity index (χ0n) is 12.8. The molecule has 116 valence electrons. The molecule has 1 aliphatic rings. The fraction of sp³-hybridized carbons (Fsp3) is 0.412. The molecule has 22 heavy (non-hydrogen) atoms. The van der Waals surface area contributed by atoms with Crippen LogP contribution < -0.4 is 10.4 Å². The van der Waals surface area contributed by atoms with Crippen LogP contribution in [0.25, 0.3) is 11.0 Å². The Morgan fingerprint density at radius 1 is 1.23 bits per heavy atom. The Kier molecular flexibility index (Phi) is 3.43. The quantitative estimate of drug-likeness (QED) is 0.863. The predicted octanol–water partition coefficient (Wildman–Crippen LogP) is 3.05. The molecule has 2 atom stereocenters. The van der Waals surface area contributed by atoms with Gasteiger partial charge in [-0.2, -0.15) is 0 Å². The van der Waals surface area contributed by atoms with Gasteiger partial charge >= 0.3 is 5.63 Å². The van der Waals surface area contributed by atoms with Crippen LogP contribution in [0.1, 0.15) is 43.1 Å². The molecule has 1 aromatic heterocycles. The number of phenolic OH excluding ortho intramolecular Hbond substituents is 1. The first-order valence-corrected chi connectivity index (χ1v) is 7.47. The van der Waals surface area contributed by atoms with E-state index in [1.807, 2.05) is 6.92 Å². The molecule has 1 aliphatic heterocycles. The van der Waals surface area contributed by atoms with Crippen LogP contribution in [-0.2, 0) is 6.42 Å². The van der Waals surface area contributed by atoms with Gasteiger partial charge in [0.2, 0.25) is 0 Å². The van der Waals surface area contributed by atoms with Crippen LogP contribution in [0.4, 0.5) is 0 Å². The molecule has 0 amide bonds. The van der Waals surface area contributed by atoms with Gasteiger partial charge in [-0.1, -0.05) is 20.3 Å². The number of ether oxygens (including phenoxy) is 1. The van der Waals surface area contributed by atoms with Crippen molar-refractivity contribution in [1.29, 1.82) is 0 Å². The van der Waals surface area contributed by atoms with Gasteiger partial charge in [0.15, 0.2) is 11.4 Å². The van der Waals surface area contributed by atoms with Gasteiger partial charge in [-0.05, 0) is 18.9 Å². The molecule has 1 unspecified atom stereocenters. The van der Waals surface area contributed by atoms with Crippen LogP contribution >= 0.6 is 0 Å².